The number of nitrogens with zero attached hydrogens (tertiary/aromatic N) is 5. The Bertz CT molecular complexity index is 1130. The van der Waals surface area contributed by atoms with Crippen molar-refractivity contribution in [2.45, 2.75) is 64.6 Å². The summed E-state index contributed by atoms with van der Waals surface area (Å²) in [6, 6.07) is 5.26. The van der Waals surface area contributed by atoms with Gasteiger partial charge in [0.05, 0.1) is 12.8 Å². The van der Waals surface area contributed by atoms with Crippen molar-refractivity contribution in [3.8, 4) is 0 Å². The van der Waals surface area contributed by atoms with Gasteiger partial charge in [0.25, 0.3) is 0 Å². The lowest BCUT2D eigenvalue weighted by molar-refractivity contribution is -0.605. The van der Waals surface area contributed by atoms with Crippen molar-refractivity contribution in [3.05, 3.63) is 53.1 Å². The number of hydrogen-bond acceptors (Lipinski definition) is 8. The van der Waals surface area contributed by atoms with Crippen LogP contribution in [0.2, 0.25) is 0 Å². The normalized spacial score (nSPS) is 17.0. The molecule has 1 saturated heterocycles. The van der Waals surface area contributed by atoms with Crippen molar-refractivity contribution in [3.63, 3.8) is 0 Å². The van der Waals surface area contributed by atoms with Crippen molar-refractivity contribution in [1.82, 2.24) is 14.6 Å². The molecule has 10 heteroatoms. The molecule has 3 aromatic rings. The van der Waals surface area contributed by atoms with Crippen LogP contribution in [0.3, 0.4) is 0 Å². The van der Waals surface area contributed by atoms with Gasteiger partial charge in [0.15, 0.2) is 18.0 Å². The SMILES string of the molecule is CCc1cnn2c(NCc3ccc[n+]([O-])c3)cc(N3CCCC[C@H]3CCOC(=O)[C@H](C)N)nc12. The molecule has 4 rings (SSSR count). The maximum Gasteiger partial charge on any atom is 0.322 e. The van der Waals surface area contributed by atoms with E-state index in [2.05, 4.69) is 22.2 Å². The van der Waals surface area contributed by atoms with Gasteiger partial charge in [0, 0.05) is 48.8 Å². The largest absolute Gasteiger partial charge is 0.619 e. The Kier molecular flexibility index (Phi) is 7.46. The fourth-order valence-corrected chi connectivity index (χ4v) is 4.35. The zero-order chi connectivity index (χ0) is 24.1. The van der Waals surface area contributed by atoms with Gasteiger partial charge in [-0.3, -0.25) is 4.79 Å². The molecule has 1 aliphatic rings. The number of aromatic nitrogens is 4. The predicted molar refractivity (Wildman–Crippen MR) is 129 cm³/mol. The number of carbonyl (C=O) groups is 1. The summed E-state index contributed by atoms with van der Waals surface area (Å²) in [5.74, 6) is 1.31. The highest BCUT2D eigenvalue weighted by Gasteiger charge is 2.26. The zero-order valence-electron chi connectivity index (χ0n) is 19.8. The number of esters is 1. The number of aryl methyl sites for hydroxylation is 1. The second-order valence-corrected chi connectivity index (χ2v) is 8.77. The van der Waals surface area contributed by atoms with E-state index in [0.29, 0.717) is 13.2 Å². The number of ether oxygens (including phenoxy) is 1. The third-order valence-electron chi connectivity index (χ3n) is 6.21. The smallest absolute Gasteiger partial charge is 0.322 e. The van der Waals surface area contributed by atoms with E-state index < -0.39 is 6.04 Å². The van der Waals surface area contributed by atoms with Gasteiger partial charge in [-0.25, -0.2) is 4.98 Å². The van der Waals surface area contributed by atoms with E-state index in [4.69, 9.17) is 15.5 Å². The quantitative estimate of drug-likeness (QED) is 0.279. The molecule has 2 atom stereocenters. The van der Waals surface area contributed by atoms with Crippen molar-refractivity contribution in [1.29, 1.82) is 0 Å². The van der Waals surface area contributed by atoms with Crippen molar-refractivity contribution in [2.24, 2.45) is 5.73 Å². The first-order valence-electron chi connectivity index (χ1n) is 11.9. The Labute approximate surface area is 199 Å². The van der Waals surface area contributed by atoms with Crippen LogP contribution in [0, 0.1) is 5.21 Å². The number of nitrogens with two attached hydrogens (primary N) is 1. The zero-order valence-corrected chi connectivity index (χ0v) is 19.8. The molecular formula is C24H33N7O3. The maximum atomic E-state index is 11.8. The van der Waals surface area contributed by atoms with Crippen molar-refractivity contribution < 1.29 is 14.3 Å². The van der Waals surface area contributed by atoms with Crippen LogP contribution in [0.15, 0.2) is 36.8 Å². The van der Waals surface area contributed by atoms with E-state index in [-0.39, 0.29) is 12.0 Å². The van der Waals surface area contributed by atoms with Gasteiger partial charge < -0.3 is 25.9 Å². The Balaban J connectivity index is 1.59. The Morgan fingerprint density at radius 3 is 3.06 bits per heavy atom. The molecule has 0 bridgehead atoms. The average Bonchev–Trinajstić information content (AvgIpc) is 3.26. The first kappa shape index (κ1) is 23.7. The highest BCUT2D eigenvalue weighted by Crippen LogP contribution is 2.29. The van der Waals surface area contributed by atoms with Crippen molar-refractivity contribution in [2.75, 3.05) is 23.4 Å². The third-order valence-corrected chi connectivity index (χ3v) is 6.21. The summed E-state index contributed by atoms with van der Waals surface area (Å²) in [5, 5.41) is 19.6. The van der Waals surface area contributed by atoms with Crippen LogP contribution in [0.1, 0.15) is 50.7 Å². The lowest BCUT2D eigenvalue weighted by atomic mass is 9.99. The average molecular weight is 468 g/mol. The van der Waals surface area contributed by atoms with Gasteiger partial charge in [-0.1, -0.05) is 6.92 Å². The number of carbonyl (C=O) groups excluding carboxylic acids is 1. The highest BCUT2D eigenvalue weighted by molar-refractivity contribution is 5.74. The number of nitrogens with one attached hydrogen (secondary N) is 1. The van der Waals surface area contributed by atoms with Gasteiger partial charge in [-0.2, -0.15) is 14.3 Å². The fourth-order valence-electron chi connectivity index (χ4n) is 4.35. The standard InChI is InChI=1S/C24H33N7O3/c1-3-19-15-27-31-21(26-14-18-7-6-10-29(33)16-18)13-22(28-23(19)31)30-11-5-4-8-20(30)9-12-34-24(32)17(2)25/h6-7,10,13,15-17,20,26H,3-5,8-9,11-12,14,25H2,1-2H3/t17-,20-/m0/s1. The van der Waals surface area contributed by atoms with Crippen LogP contribution in [0.25, 0.3) is 5.65 Å². The number of piperidine rings is 1. The summed E-state index contributed by atoms with van der Waals surface area (Å²) in [6.07, 6.45) is 9.65. The molecule has 0 amide bonds. The Hall–Kier alpha value is -3.40. The minimum atomic E-state index is -0.616. The van der Waals surface area contributed by atoms with Gasteiger partial charge in [0.2, 0.25) is 0 Å². The molecule has 10 nitrogen and oxygen atoms in total. The number of rotatable bonds is 9. The minimum absolute atomic E-state index is 0.221. The monoisotopic (exact) mass is 467 g/mol. The minimum Gasteiger partial charge on any atom is -0.619 e. The number of anilines is 2. The molecule has 4 heterocycles. The fraction of sp³-hybridized carbons (Fsp3) is 0.500. The van der Waals surface area contributed by atoms with Gasteiger partial charge in [0.1, 0.15) is 17.7 Å². The molecule has 0 saturated carbocycles. The molecular weight excluding hydrogens is 434 g/mol. The lowest BCUT2D eigenvalue weighted by Gasteiger charge is -2.37. The summed E-state index contributed by atoms with van der Waals surface area (Å²) in [6.45, 7) is 5.43. The predicted octanol–water partition coefficient (Wildman–Crippen LogP) is 2.18. The molecule has 3 aromatic heterocycles. The summed E-state index contributed by atoms with van der Waals surface area (Å²) in [4.78, 5) is 19.1. The van der Waals surface area contributed by atoms with E-state index in [9.17, 15) is 10.0 Å². The third kappa shape index (κ3) is 5.39. The van der Waals surface area contributed by atoms with Crippen LogP contribution in [0.4, 0.5) is 11.6 Å². The summed E-state index contributed by atoms with van der Waals surface area (Å²) in [7, 11) is 0. The van der Waals surface area contributed by atoms with E-state index in [1.54, 1.807) is 19.2 Å². The Morgan fingerprint density at radius 1 is 1.44 bits per heavy atom. The van der Waals surface area contributed by atoms with E-state index >= 15 is 0 Å². The second-order valence-electron chi connectivity index (χ2n) is 8.77. The van der Waals surface area contributed by atoms with Crippen LogP contribution in [-0.2, 0) is 22.5 Å². The van der Waals surface area contributed by atoms with Crippen LogP contribution in [-0.4, -0.2) is 45.8 Å². The molecule has 0 unspecified atom stereocenters. The molecule has 182 valence electrons. The van der Waals surface area contributed by atoms with Crippen LogP contribution in [0.5, 0.6) is 0 Å². The van der Waals surface area contributed by atoms with Gasteiger partial charge in [-0.15, -0.1) is 0 Å². The number of pyridine rings is 1. The van der Waals surface area contributed by atoms with E-state index in [1.807, 2.05) is 22.8 Å². The number of fused-ring (bicyclic) bond motifs is 1. The molecule has 0 radical (unpaired) electrons. The molecule has 0 aromatic carbocycles. The first-order valence-corrected chi connectivity index (χ1v) is 11.9. The molecule has 3 N–H and O–H groups in total. The highest BCUT2D eigenvalue weighted by atomic mass is 16.5. The molecule has 1 aliphatic heterocycles. The molecule has 0 aliphatic carbocycles. The first-order chi connectivity index (χ1) is 16.5. The summed E-state index contributed by atoms with van der Waals surface area (Å²) in [5.41, 5.74) is 8.38. The van der Waals surface area contributed by atoms with E-state index in [0.717, 1.165) is 71.8 Å². The summed E-state index contributed by atoms with van der Waals surface area (Å²) < 4.78 is 7.96. The Morgan fingerprint density at radius 2 is 2.29 bits per heavy atom. The number of hydrogen-bond donors (Lipinski definition) is 2. The molecule has 34 heavy (non-hydrogen) atoms. The second kappa shape index (κ2) is 10.7. The van der Waals surface area contributed by atoms with Gasteiger partial charge >= 0.3 is 5.97 Å². The van der Waals surface area contributed by atoms with Crippen LogP contribution < -0.4 is 20.7 Å². The maximum absolute atomic E-state index is 11.8. The van der Waals surface area contributed by atoms with Crippen LogP contribution >= 0.6 is 0 Å². The van der Waals surface area contributed by atoms with Gasteiger partial charge in [-0.05, 0) is 38.7 Å². The molecule has 1 fully saturated rings. The summed E-state index contributed by atoms with van der Waals surface area (Å²) >= 11 is 0. The lowest BCUT2D eigenvalue weighted by Crippen LogP contribution is -2.41. The molecule has 0 spiro atoms. The van der Waals surface area contributed by atoms with E-state index in [1.165, 1.54) is 6.20 Å². The van der Waals surface area contributed by atoms with Crippen molar-refractivity contribution >= 4 is 23.3 Å². The topological polar surface area (TPSA) is 125 Å².